The maximum atomic E-state index is 5.60. The highest BCUT2D eigenvalue weighted by Crippen LogP contribution is 2.36. The molecule has 1 aliphatic heterocycles. The monoisotopic (exact) mass is 168 g/mol. The van der Waals surface area contributed by atoms with Gasteiger partial charge in [-0.3, -0.25) is 4.90 Å². The molecule has 0 radical (unpaired) electrons. The van der Waals surface area contributed by atoms with E-state index < -0.39 is 0 Å². The number of fused-ring (bicyclic) bond motifs is 1. The number of likely N-dealkylation sites (tertiary alicyclic amines) is 1. The minimum absolute atomic E-state index is 0.837. The van der Waals surface area contributed by atoms with Crippen molar-refractivity contribution in [1.82, 2.24) is 4.90 Å². The van der Waals surface area contributed by atoms with Crippen LogP contribution in [0.1, 0.15) is 32.1 Å². The zero-order chi connectivity index (χ0) is 8.39. The summed E-state index contributed by atoms with van der Waals surface area (Å²) in [5.74, 6) is 1.02. The van der Waals surface area contributed by atoms with Crippen LogP contribution in [0.2, 0.25) is 0 Å². The van der Waals surface area contributed by atoms with Crippen LogP contribution < -0.4 is 5.73 Å². The van der Waals surface area contributed by atoms with E-state index in [0.717, 1.165) is 25.0 Å². The van der Waals surface area contributed by atoms with Gasteiger partial charge < -0.3 is 5.73 Å². The number of nitrogens with zero attached hydrogens (tertiary/aromatic N) is 1. The predicted molar refractivity (Wildman–Crippen MR) is 51.0 cm³/mol. The van der Waals surface area contributed by atoms with E-state index in [1.165, 1.54) is 38.6 Å². The third-order valence-corrected chi connectivity index (χ3v) is 3.52. The minimum Gasteiger partial charge on any atom is -0.329 e. The normalized spacial score (nSPS) is 36.8. The Bertz CT molecular complexity index is 145. The second-order valence-corrected chi connectivity index (χ2v) is 4.23. The van der Waals surface area contributed by atoms with Crippen LogP contribution in [0.15, 0.2) is 0 Å². The van der Waals surface area contributed by atoms with Crippen molar-refractivity contribution in [2.45, 2.75) is 38.1 Å². The van der Waals surface area contributed by atoms with Gasteiger partial charge in [-0.25, -0.2) is 0 Å². The summed E-state index contributed by atoms with van der Waals surface area (Å²) in [7, 11) is 0. The van der Waals surface area contributed by atoms with Crippen LogP contribution in [0, 0.1) is 5.92 Å². The molecule has 2 atom stereocenters. The fraction of sp³-hybridized carbons (Fsp3) is 1.00. The summed E-state index contributed by atoms with van der Waals surface area (Å²) in [6.07, 6.45) is 7.25. The van der Waals surface area contributed by atoms with E-state index in [4.69, 9.17) is 5.73 Å². The summed E-state index contributed by atoms with van der Waals surface area (Å²) in [4.78, 5) is 2.63. The molecule has 2 N–H and O–H groups in total. The molecule has 1 saturated heterocycles. The molecule has 2 fully saturated rings. The van der Waals surface area contributed by atoms with E-state index in [-0.39, 0.29) is 0 Å². The Labute approximate surface area is 75.1 Å². The lowest BCUT2D eigenvalue weighted by Crippen LogP contribution is -2.44. The summed E-state index contributed by atoms with van der Waals surface area (Å²) in [6, 6.07) is 0.905. The summed E-state index contributed by atoms with van der Waals surface area (Å²) < 4.78 is 0. The van der Waals surface area contributed by atoms with Gasteiger partial charge in [-0.1, -0.05) is 6.42 Å². The van der Waals surface area contributed by atoms with Crippen LogP contribution in [-0.4, -0.2) is 30.6 Å². The lowest BCUT2D eigenvalue weighted by Gasteiger charge is -2.37. The van der Waals surface area contributed by atoms with Crippen LogP contribution in [0.25, 0.3) is 0 Å². The van der Waals surface area contributed by atoms with E-state index in [9.17, 15) is 0 Å². The first kappa shape index (κ1) is 8.52. The van der Waals surface area contributed by atoms with Crippen LogP contribution in [0.4, 0.5) is 0 Å². The van der Waals surface area contributed by atoms with E-state index in [0.29, 0.717) is 0 Å². The first-order chi connectivity index (χ1) is 5.92. The quantitative estimate of drug-likeness (QED) is 0.671. The van der Waals surface area contributed by atoms with Crippen LogP contribution in [-0.2, 0) is 0 Å². The number of rotatable bonds is 2. The number of hydrogen-bond acceptors (Lipinski definition) is 2. The van der Waals surface area contributed by atoms with E-state index in [1.807, 2.05) is 0 Å². The number of hydrogen-bond donors (Lipinski definition) is 1. The third kappa shape index (κ3) is 1.50. The van der Waals surface area contributed by atoms with Gasteiger partial charge in [-0.15, -0.1) is 0 Å². The molecule has 1 heterocycles. The van der Waals surface area contributed by atoms with E-state index >= 15 is 0 Å². The lowest BCUT2D eigenvalue weighted by atomic mass is 9.92. The van der Waals surface area contributed by atoms with Gasteiger partial charge >= 0.3 is 0 Å². The Hall–Kier alpha value is -0.0800. The molecule has 0 aromatic carbocycles. The predicted octanol–water partition coefficient (Wildman–Crippen LogP) is 1.21. The van der Waals surface area contributed by atoms with Crippen LogP contribution in [0.3, 0.4) is 0 Å². The van der Waals surface area contributed by atoms with Gasteiger partial charge in [0.05, 0.1) is 0 Å². The van der Waals surface area contributed by atoms with Crippen LogP contribution in [0.5, 0.6) is 0 Å². The Kier molecular flexibility index (Phi) is 2.66. The van der Waals surface area contributed by atoms with E-state index in [1.54, 1.807) is 0 Å². The van der Waals surface area contributed by atoms with Crippen LogP contribution >= 0.6 is 0 Å². The van der Waals surface area contributed by atoms with Gasteiger partial charge in [0, 0.05) is 19.1 Å². The molecule has 2 rings (SSSR count). The summed E-state index contributed by atoms with van der Waals surface area (Å²) in [5.41, 5.74) is 5.60. The van der Waals surface area contributed by atoms with Gasteiger partial charge in [0.15, 0.2) is 0 Å². The van der Waals surface area contributed by atoms with Crippen molar-refractivity contribution in [2.75, 3.05) is 19.6 Å². The topological polar surface area (TPSA) is 29.3 Å². The van der Waals surface area contributed by atoms with Crippen molar-refractivity contribution in [3.63, 3.8) is 0 Å². The molecule has 1 saturated carbocycles. The van der Waals surface area contributed by atoms with Crippen molar-refractivity contribution < 1.29 is 0 Å². The molecule has 2 nitrogen and oxygen atoms in total. The fourth-order valence-electron chi connectivity index (χ4n) is 3.00. The highest BCUT2D eigenvalue weighted by atomic mass is 15.2. The van der Waals surface area contributed by atoms with Crippen molar-refractivity contribution in [1.29, 1.82) is 0 Å². The Balaban J connectivity index is 1.94. The molecule has 0 amide bonds. The Morgan fingerprint density at radius 1 is 1.17 bits per heavy atom. The highest BCUT2D eigenvalue weighted by Gasteiger charge is 2.34. The molecule has 0 spiro atoms. The molecule has 12 heavy (non-hydrogen) atoms. The second-order valence-electron chi connectivity index (χ2n) is 4.23. The lowest BCUT2D eigenvalue weighted by molar-refractivity contribution is 0.117. The molecule has 2 aliphatic rings. The second kappa shape index (κ2) is 3.75. The standard InChI is InChI=1S/C10H20N2/c11-6-8-12-7-2-4-9-3-1-5-10(9)12/h9-10H,1-8,11H2. The van der Waals surface area contributed by atoms with Crippen molar-refractivity contribution >= 4 is 0 Å². The van der Waals surface area contributed by atoms with E-state index in [2.05, 4.69) is 4.90 Å². The third-order valence-electron chi connectivity index (χ3n) is 3.52. The molecule has 0 aromatic rings. The number of piperidine rings is 1. The van der Waals surface area contributed by atoms with Gasteiger partial charge in [-0.05, 0) is 38.1 Å². The molecule has 2 heteroatoms. The Morgan fingerprint density at radius 2 is 2.00 bits per heavy atom. The SMILES string of the molecule is NCCN1CCCC2CCCC21. The highest BCUT2D eigenvalue weighted by molar-refractivity contribution is 4.88. The molecule has 0 bridgehead atoms. The molecule has 0 aromatic heterocycles. The summed E-state index contributed by atoms with van der Waals surface area (Å²) in [5, 5.41) is 0. The smallest absolute Gasteiger partial charge is 0.0124 e. The summed E-state index contributed by atoms with van der Waals surface area (Å²) >= 11 is 0. The van der Waals surface area contributed by atoms with Crippen molar-refractivity contribution in [3.05, 3.63) is 0 Å². The first-order valence-corrected chi connectivity index (χ1v) is 5.36. The maximum absolute atomic E-state index is 5.60. The van der Waals surface area contributed by atoms with Crippen molar-refractivity contribution in [2.24, 2.45) is 11.7 Å². The largest absolute Gasteiger partial charge is 0.329 e. The fourth-order valence-corrected chi connectivity index (χ4v) is 3.00. The van der Waals surface area contributed by atoms with Gasteiger partial charge in [-0.2, -0.15) is 0 Å². The minimum atomic E-state index is 0.837. The van der Waals surface area contributed by atoms with Gasteiger partial charge in [0.1, 0.15) is 0 Å². The zero-order valence-electron chi connectivity index (χ0n) is 7.84. The molecule has 2 unspecified atom stereocenters. The summed E-state index contributed by atoms with van der Waals surface area (Å²) in [6.45, 7) is 3.27. The molecular formula is C10H20N2. The Morgan fingerprint density at radius 3 is 2.83 bits per heavy atom. The van der Waals surface area contributed by atoms with Gasteiger partial charge in [0.25, 0.3) is 0 Å². The zero-order valence-corrected chi connectivity index (χ0v) is 7.84. The van der Waals surface area contributed by atoms with Crippen molar-refractivity contribution in [3.8, 4) is 0 Å². The average molecular weight is 168 g/mol. The number of nitrogens with two attached hydrogens (primary N) is 1. The molecule has 70 valence electrons. The molecule has 1 aliphatic carbocycles. The van der Waals surface area contributed by atoms with Gasteiger partial charge in [0.2, 0.25) is 0 Å². The first-order valence-electron chi connectivity index (χ1n) is 5.36. The maximum Gasteiger partial charge on any atom is 0.0124 e. The molecular weight excluding hydrogens is 148 g/mol. The average Bonchev–Trinajstić information content (AvgIpc) is 2.53.